The highest BCUT2D eigenvalue weighted by Crippen LogP contribution is 1.80. The van der Waals surface area contributed by atoms with Gasteiger partial charge in [-0.3, -0.25) is 0 Å². The van der Waals surface area contributed by atoms with Crippen LogP contribution in [0.5, 0.6) is 0 Å². The molecule has 4 heteroatoms. The molecule has 0 saturated carbocycles. The molecule has 0 aromatic heterocycles. The highest BCUT2D eigenvalue weighted by atomic mass is 16.1. The van der Waals surface area contributed by atoms with E-state index in [1.54, 1.807) is 0 Å². The monoisotopic (exact) mass is 272 g/mol. The summed E-state index contributed by atoms with van der Waals surface area (Å²) in [4.78, 5) is 16.7. The summed E-state index contributed by atoms with van der Waals surface area (Å²) in [6, 6.07) is 24.0. The Morgan fingerprint density at radius 3 is 0.600 bits per heavy atom. The van der Waals surface area contributed by atoms with E-state index < -0.39 is 0 Å². The van der Waals surface area contributed by atoms with E-state index in [0.717, 1.165) is 12.2 Å². The van der Waals surface area contributed by atoms with Gasteiger partial charge in [0.05, 0.1) is 0 Å². The van der Waals surface area contributed by atoms with Gasteiger partial charge in [0.2, 0.25) is 12.2 Å². The van der Waals surface area contributed by atoms with Crippen LogP contribution in [0.1, 0.15) is 13.8 Å². The fourth-order valence-electron chi connectivity index (χ4n) is 0.770. The Hall–Kier alpha value is -2.80. The molecule has 2 N–H and O–H groups in total. The van der Waals surface area contributed by atoms with Gasteiger partial charge < -0.3 is 0 Å². The zero-order chi connectivity index (χ0) is 15.9. The minimum Gasteiger partial charge on any atom is -0.222 e. The smallest absolute Gasteiger partial charge is 0.222 e. The lowest BCUT2D eigenvalue weighted by Gasteiger charge is -1.69. The van der Waals surface area contributed by atoms with Gasteiger partial charge in [-0.05, 0) is 0 Å². The predicted octanol–water partition coefficient (Wildman–Crippen LogP) is 4.20. The molecule has 0 atom stereocenters. The Morgan fingerprint density at radius 1 is 0.500 bits per heavy atom. The summed E-state index contributed by atoms with van der Waals surface area (Å²) in [5.41, 5.74) is 0. The Labute approximate surface area is 120 Å². The number of carbonyl (C=O) groups excluding carboxylic acids is 2. The Bertz CT molecular complexity index is 322. The van der Waals surface area contributed by atoms with Gasteiger partial charge in [-0.15, -0.1) is 0 Å². The van der Waals surface area contributed by atoms with Crippen molar-refractivity contribution in [2.45, 2.75) is 13.8 Å². The molecule has 0 bridgehead atoms. The largest absolute Gasteiger partial charge is 0.231 e. The first-order valence-corrected chi connectivity index (χ1v) is 5.91. The molecule has 2 rings (SSSR count). The van der Waals surface area contributed by atoms with E-state index in [0.29, 0.717) is 0 Å². The third kappa shape index (κ3) is 36.2. The van der Waals surface area contributed by atoms with Crippen LogP contribution in [0.15, 0.2) is 72.8 Å². The molecule has 4 nitrogen and oxygen atoms in total. The first-order chi connectivity index (χ1) is 9.83. The van der Waals surface area contributed by atoms with Crippen molar-refractivity contribution >= 4 is 12.2 Å². The minimum absolute atomic E-state index is 0.750. The van der Waals surface area contributed by atoms with Crippen LogP contribution in [0.25, 0.3) is 0 Å². The number of benzene rings is 2. The summed E-state index contributed by atoms with van der Waals surface area (Å²) in [6.45, 7) is 4.00. The third-order valence-corrected chi connectivity index (χ3v) is 1.33. The average Bonchev–Trinajstić information content (AvgIpc) is 2.55. The lowest BCUT2D eigenvalue weighted by Crippen LogP contribution is -1.47. The van der Waals surface area contributed by atoms with Crippen LogP contribution >= 0.6 is 0 Å². The lowest BCUT2D eigenvalue weighted by atomic mass is 10.4. The molecular weight excluding hydrogens is 252 g/mol. The SMILES string of the molecule is CC.N=C=O.N=C=O.c1ccccc1.c1ccccc1. The molecule has 0 fully saturated rings. The fourth-order valence-corrected chi connectivity index (χ4v) is 0.770. The number of rotatable bonds is 0. The quantitative estimate of drug-likeness (QED) is 0.556. The summed E-state index contributed by atoms with van der Waals surface area (Å²) < 4.78 is 0. The second kappa shape index (κ2) is 29.8. The summed E-state index contributed by atoms with van der Waals surface area (Å²) in [7, 11) is 0. The molecule has 0 aliphatic heterocycles. The average molecular weight is 272 g/mol. The molecule has 0 unspecified atom stereocenters. The van der Waals surface area contributed by atoms with Gasteiger partial charge in [-0.1, -0.05) is 86.6 Å². The minimum atomic E-state index is 0.750. The van der Waals surface area contributed by atoms with Crippen molar-refractivity contribution in [3.63, 3.8) is 0 Å². The summed E-state index contributed by atoms with van der Waals surface area (Å²) in [5.74, 6) is 0. The molecule has 0 heterocycles. The maximum Gasteiger partial charge on any atom is 0.231 e. The van der Waals surface area contributed by atoms with Crippen LogP contribution in [0, 0.1) is 10.8 Å². The second-order valence-corrected chi connectivity index (χ2v) is 2.51. The predicted molar refractivity (Wildman–Crippen MR) is 81.1 cm³/mol. The molecular formula is C16H20N2O2. The Kier molecular flexibility index (Phi) is 33.4. The fraction of sp³-hybridized carbons (Fsp3) is 0.125. The highest BCUT2D eigenvalue weighted by molar-refractivity contribution is 5.26. The van der Waals surface area contributed by atoms with Crippen molar-refractivity contribution in [2.75, 3.05) is 0 Å². The van der Waals surface area contributed by atoms with Crippen LogP contribution in [0.4, 0.5) is 0 Å². The third-order valence-electron chi connectivity index (χ3n) is 1.33. The van der Waals surface area contributed by atoms with E-state index in [2.05, 4.69) is 0 Å². The maximum atomic E-state index is 8.35. The molecule has 0 aliphatic carbocycles. The van der Waals surface area contributed by atoms with Crippen LogP contribution in [0.3, 0.4) is 0 Å². The highest BCUT2D eigenvalue weighted by Gasteiger charge is 1.58. The molecule has 2 aromatic rings. The zero-order valence-electron chi connectivity index (χ0n) is 11.7. The van der Waals surface area contributed by atoms with Gasteiger partial charge in [-0.25, -0.2) is 20.4 Å². The normalized spacial score (nSPS) is 5.90. The number of hydrogen-bond donors (Lipinski definition) is 2. The number of isocyanates is 2. The van der Waals surface area contributed by atoms with Crippen LogP contribution in [-0.4, -0.2) is 12.2 Å². The Morgan fingerprint density at radius 2 is 0.550 bits per heavy atom. The van der Waals surface area contributed by atoms with E-state index in [1.807, 2.05) is 86.6 Å². The Balaban J connectivity index is -0.000000195. The van der Waals surface area contributed by atoms with E-state index in [9.17, 15) is 0 Å². The summed E-state index contributed by atoms with van der Waals surface area (Å²) in [5, 5.41) is 10.8. The van der Waals surface area contributed by atoms with Crippen LogP contribution in [0.2, 0.25) is 0 Å². The molecule has 0 radical (unpaired) electrons. The van der Waals surface area contributed by atoms with E-state index in [-0.39, 0.29) is 0 Å². The van der Waals surface area contributed by atoms with Gasteiger partial charge in [0.25, 0.3) is 0 Å². The van der Waals surface area contributed by atoms with Gasteiger partial charge >= 0.3 is 0 Å². The lowest BCUT2D eigenvalue weighted by molar-refractivity contribution is 0.562. The number of hydrogen-bond acceptors (Lipinski definition) is 4. The molecule has 106 valence electrons. The van der Waals surface area contributed by atoms with Crippen molar-refractivity contribution < 1.29 is 9.59 Å². The van der Waals surface area contributed by atoms with Crippen LogP contribution in [-0.2, 0) is 9.59 Å². The molecule has 0 aliphatic rings. The van der Waals surface area contributed by atoms with Gasteiger partial charge in [0, 0.05) is 0 Å². The molecule has 0 amide bonds. The zero-order valence-corrected chi connectivity index (χ0v) is 11.7. The van der Waals surface area contributed by atoms with Gasteiger partial charge in [-0.2, -0.15) is 0 Å². The summed E-state index contributed by atoms with van der Waals surface area (Å²) in [6.07, 6.45) is 1.50. The first kappa shape index (κ1) is 22.4. The molecule has 0 saturated heterocycles. The van der Waals surface area contributed by atoms with Crippen molar-refractivity contribution in [1.82, 2.24) is 0 Å². The van der Waals surface area contributed by atoms with Gasteiger partial charge in [0.1, 0.15) is 0 Å². The van der Waals surface area contributed by atoms with Crippen molar-refractivity contribution in [1.29, 1.82) is 10.8 Å². The van der Waals surface area contributed by atoms with Gasteiger partial charge in [0.15, 0.2) is 0 Å². The summed E-state index contributed by atoms with van der Waals surface area (Å²) >= 11 is 0. The second-order valence-electron chi connectivity index (χ2n) is 2.51. The molecule has 2 aromatic carbocycles. The van der Waals surface area contributed by atoms with Crippen molar-refractivity contribution in [3.05, 3.63) is 72.8 Å². The van der Waals surface area contributed by atoms with E-state index >= 15 is 0 Å². The van der Waals surface area contributed by atoms with Crippen molar-refractivity contribution in [3.8, 4) is 0 Å². The van der Waals surface area contributed by atoms with Crippen molar-refractivity contribution in [2.24, 2.45) is 0 Å². The maximum absolute atomic E-state index is 8.35. The molecule has 20 heavy (non-hydrogen) atoms. The molecule has 0 spiro atoms. The van der Waals surface area contributed by atoms with E-state index in [1.165, 1.54) is 0 Å². The number of nitrogens with one attached hydrogen (secondary N) is 2. The topological polar surface area (TPSA) is 81.8 Å². The first-order valence-electron chi connectivity index (χ1n) is 5.91. The standard InChI is InChI=1S/2C6H6.C2H6.2CHNO/c2*1-2-4-6-5-3-1;1-2;2*2-1-3/h2*1-6H;1-2H3;2*2H. The van der Waals surface area contributed by atoms with Crippen LogP contribution < -0.4 is 0 Å². The van der Waals surface area contributed by atoms with E-state index in [4.69, 9.17) is 20.4 Å².